The molecule has 1 saturated carbocycles. The highest BCUT2D eigenvalue weighted by molar-refractivity contribution is 4.95. The maximum atomic E-state index is 5.62. The van der Waals surface area contributed by atoms with Crippen molar-refractivity contribution in [2.24, 2.45) is 11.3 Å². The molecule has 2 aliphatic rings. The van der Waals surface area contributed by atoms with Gasteiger partial charge in [-0.2, -0.15) is 0 Å². The van der Waals surface area contributed by atoms with Gasteiger partial charge in [0.05, 0.1) is 6.61 Å². The second-order valence-corrected chi connectivity index (χ2v) is 8.19. The second kappa shape index (κ2) is 7.43. The van der Waals surface area contributed by atoms with Gasteiger partial charge in [0, 0.05) is 24.7 Å². The molecule has 0 spiro atoms. The first-order chi connectivity index (χ1) is 9.93. The summed E-state index contributed by atoms with van der Waals surface area (Å²) in [5, 5.41) is 3.82. The molecule has 1 aliphatic carbocycles. The first-order valence-electron chi connectivity index (χ1n) is 8.96. The molecule has 0 amide bonds. The molecule has 0 bridgehead atoms. The Morgan fingerprint density at radius 1 is 1.19 bits per heavy atom. The van der Waals surface area contributed by atoms with Gasteiger partial charge in [-0.1, -0.05) is 27.7 Å². The van der Waals surface area contributed by atoms with Crippen molar-refractivity contribution in [3.63, 3.8) is 0 Å². The van der Waals surface area contributed by atoms with Gasteiger partial charge in [-0.25, -0.2) is 0 Å². The van der Waals surface area contributed by atoms with E-state index in [-0.39, 0.29) is 0 Å². The Morgan fingerprint density at radius 3 is 2.52 bits per heavy atom. The van der Waals surface area contributed by atoms with Crippen LogP contribution >= 0.6 is 0 Å². The summed E-state index contributed by atoms with van der Waals surface area (Å²) < 4.78 is 5.62. The SMILES string of the molecule is CCCNC1CCC(C(C)(C)C)CC1N(C)C1CCOC1. The minimum Gasteiger partial charge on any atom is -0.380 e. The molecule has 2 rings (SSSR count). The van der Waals surface area contributed by atoms with E-state index in [1.807, 2.05) is 0 Å². The van der Waals surface area contributed by atoms with Crippen molar-refractivity contribution < 1.29 is 4.74 Å². The zero-order valence-electron chi connectivity index (χ0n) is 14.8. The van der Waals surface area contributed by atoms with Crippen molar-refractivity contribution in [3.05, 3.63) is 0 Å². The van der Waals surface area contributed by atoms with Crippen molar-refractivity contribution in [2.75, 3.05) is 26.8 Å². The number of hydrogen-bond donors (Lipinski definition) is 1. The van der Waals surface area contributed by atoms with E-state index < -0.39 is 0 Å². The van der Waals surface area contributed by atoms with Crippen molar-refractivity contribution in [2.45, 2.75) is 77.9 Å². The Labute approximate surface area is 131 Å². The van der Waals surface area contributed by atoms with Crippen LogP contribution in [0.2, 0.25) is 0 Å². The largest absolute Gasteiger partial charge is 0.380 e. The van der Waals surface area contributed by atoms with Gasteiger partial charge in [0.15, 0.2) is 0 Å². The molecule has 124 valence electrons. The second-order valence-electron chi connectivity index (χ2n) is 8.19. The third-order valence-electron chi connectivity index (χ3n) is 5.70. The summed E-state index contributed by atoms with van der Waals surface area (Å²) in [7, 11) is 2.33. The summed E-state index contributed by atoms with van der Waals surface area (Å²) >= 11 is 0. The van der Waals surface area contributed by atoms with Crippen LogP contribution in [0.15, 0.2) is 0 Å². The van der Waals surface area contributed by atoms with Crippen LogP contribution in [-0.4, -0.2) is 49.8 Å². The molecule has 0 aromatic rings. The Hall–Kier alpha value is -0.120. The lowest BCUT2D eigenvalue weighted by Gasteiger charge is -2.47. The maximum Gasteiger partial charge on any atom is 0.0622 e. The highest BCUT2D eigenvalue weighted by Crippen LogP contribution is 2.40. The molecule has 0 aromatic carbocycles. The molecule has 4 atom stereocenters. The third-order valence-corrected chi connectivity index (χ3v) is 5.70. The molecular formula is C18H36N2O. The van der Waals surface area contributed by atoms with Gasteiger partial charge in [-0.05, 0) is 57.0 Å². The predicted molar refractivity (Wildman–Crippen MR) is 89.7 cm³/mol. The molecule has 1 heterocycles. The molecular weight excluding hydrogens is 260 g/mol. The quantitative estimate of drug-likeness (QED) is 0.842. The molecule has 0 aromatic heterocycles. The fourth-order valence-electron chi connectivity index (χ4n) is 4.07. The van der Waals surface area contributed by atoms with Crippen LogP contribution in [0.5, 0.6) is 0 Å². The zero-order chi connectivity index (χ0) is 15.5. The number of likely N-dealkylation sites (N-methyl/N-ethyl adjacent to an activating group) is 1. The van der Waals surface area contributed by atoms with Crippen LogP contribution in [0.25, 0.3) is 0 Å². The van der Waals surface area contributed by atoms with Crippen molar-refractivity contribution in [1.82, 2.24) is 10.2 Å². The van der Waals surface area contributed by atoms with Crippen LogP contribution in [0.3, 0.4) is 0 Å². The molecule has 3 heteroatoms. The summed E-state index contributed by atoms with van der Waals surface area (Å²) in [5.41, 5.74) is 0.432. The van der Waals surface area contributed by atoms with Crippen LogP contribution in [0.4, 0.5) is 0 Å². The van der Waals surface area contributed by atoms with Crippen molar-refractivity contribution in [3.8, 4) is 0 Å². The average Bonchev–Trinajstić information content (AvgIpc) is 2.97. The van der Waals surface area contributed by atoms with E-state index in [2.05, 4.69) is 45.0 Å². The monoisotopic (exact) mass is 296 g/mol. The summed E-state index contributed by atoms with van der Waals surface area (Å²) in [5.74, 6) is 0.840. The van der Waals surface area contributed by atoms with E-state index in [9.17, 15) is 0 Å². The van der Waals surface area contributed by atoms with Gasteiger partial charge in [-0.15, -0.1) is 0 Å². The molecule has 4 unspecified atom stereocenters. The number of hydrogen-bond acceptors (Lipinski definition) is 3. The molecule has 1 aliphatic heterocycles. The van der Waals surface area contributed by atoms with Crippen LogP contribution in [0.1, 0.15) is 59.8 Å². The van der Waals surface area contributed by atoms with E-state index >= 15 is 0 Å². The predicted octanol–water partition coefficient (Wildman–Crippen LogP) is 3.29. The Balaban J connectivity index is 2.04. The summed E-state index contributed by atoms with van der Waals surface area (Å²) in [6, 6.07) is 1.95. The fourth-order valence-corrected chi connectivity index (χ4v) is 4.07. The molecule has 0 radical (unpaired) electrons. The van der Waals surface area contributed by atoms with Gasteiger partial charge >= 0.3 is 0 Å². The van der Waals surface area contributed by atoms with Crippen LogP contribution in [-0.2, 0) is 4.74 Å². The standard InChI is InChI=1S/C18H36N2O/c1-6-10-19-16-8-7-14(18(2,3)4)12-17(16)20(5)15-9-11-21-13-15/h14-17,19H,6-13H2,1-5H3. The lowest BCUT2D eigenvalue weighted by atomic mass is 9.69. The molecule has 1 N–H and O–H groups in total. The van der Waals surface area contributed by atoms with Gasteiger partial charge in [0.2, 0.25) is 0 Å². The van der Waals surface area contributed by atoms with E-state index in [1.165, 1.54) is 32.1 Å². The lowest BCUT2D eigenvalue weighted by molar-refractivity contribution is 0.0450. The number of nitrogens with one attached hydrogen (secondary N) is 1. The van der Waals surface area contributed by atoms with E-state index in [0.29, 0.717) is 23.5 Å². The Morgan fingerprint density at radius 2 is 1.95 bits per heavy atom. The van der Waals surface area contributed by atoms with Crippen LogP contribution in [0, 0.1) is 11.3 Å². The first kappa shape index (κ1) is 17.2. The summed E-state index contributed by atoms with van der Waals surface area (Å²) in [6.07, 6.45) is 6.45. The van der Waals surface area contributed by atoms with E-state index in [0.717, 1.165) is 25.7 Å². The van der Waals surface area contributed by atoms with Gasteiger partial charge < -0.3 is 10.1 Å². The van der Waals surface area contributed by atoms with E-state index in [1.54, 1.807) is 0 Å². The van der Waals surface area contributed by atoms with Gasteiger partial charge in [0.1, 0.15) is 0 Å². The van der Waals surface area contributed by atoms with Crippen LogP contribution < -0.4 is 5.32 Å². The minimum absolute atomic E-state index is 0.432. The molecule has 1 saturated heterocycles. The Kier molecular flexibility index (Phi) is 6.10. The summed E-state index contributed by atoms with van der Waals surface area (Å²) in [6.45, 7) is 12.5. The smallest absolute Gasteiger partial charge is 0.0622 e. The molecule has 3 nitrogen and oxygen atoms in total. The van der Waals surface area contributed by atoms with E-state index in [4.69, 9.17) is 4.74 Å². The zero-order valence-corrected chi connectivity index (χ0v) is 14.8. The third kappa shape index (κ3) is 4.43. The molecule has 21 heavy (non-hydrogen) atoms. The average molecular weight is 296 g/mol. The Bertz CT molecular complexity index is 307. The topological polar surface area (TPSA) is 24.5 Å². The normalized spacial score (nSPS) is 34.6. The van der Waals surface area contributed by atoms with Gasteiger partial charge in [-0.3, -0.25) is 4.90 Å². The highest BCUT2D eigenvalue weighted by Gasteiger charge is 2.39. The van der Waals surface area contributed by atoms with Gasteiger partial charge in [0.25, 0.3) is 0 Å². The summed E-state index contributed by atoms with van der Waals surface area (Å²) in [4.78, 5) is 2.64. The number of nitrogens with zero attached hydrogens (tertiary/aromatic N) is 1. The molecule has 2 fully saturated rings. The minimum atomic E-state index is 0.432. The maximum absolute atomic E-state index is 5.62. The number of rotatable bonds is 5. The fraction of sp³-hybridized carbons (Fsp3) is 1.00. The lowest BCUT2D eigenvalue weighted by Crippen LogP contribution is -2.56. The van der Waals surface area contributed by atoms with Crippen molar-refractivity contribution >= 4 is 0 Å². The number of ether oxygens (including phenoxy) is 1. The first-order valence-corrected chi connectivity index (χ1v) is 8.96. The highest BCUT2D eigenvalue weighted by atomic mass is 16.5. The van der Waals surface area contributed by atoms with Crippen molar-refractivity contribution in [1.29, 1.82) is 0 Å².